The molecule has 3 rings (SSSR count). The van der Waals surface area contributed by atoms with E-state index < -0.39 is 11.3 Å². The number of ether oxygens (including phenoxy) is 1. The first-order valence-electron chi connectivity index (χ1n) is 7.56. The lowest BCUT2D eigenvalue weighted by Crippen LogP contribution is -2.34. The molecule has 2 amide bonds. The predicted octanol–water partition coefficient (Wildman–Crippen LogP) is 3.42. The van der Waals surface area contributed by atoms with Crippen LogP contribution in [0, 0.1) is 6.92 Å². The maximum atomic E-state index is 12.6. The van der Waals surface area contributed by atoms with Crippen molar-refractivity contribution in [2.45, 2.75) is 12.3 Å². The fourth-order valence-corrected chi connectivity index (χ4v) is 3.38. The number of imide groups is 1. The number of anilines is 2. The summed E-state index contributed by atoms with van der Waals surface area (Å²) in [7, 11) is 1.31. The molecular formula is C18H16N2O4S. The number of benzene rings is 2. The second-order valence-electron chi connectivity index (χ2n) is 5.49. The van der Waals surface area contributed by atoms with Gasteiger partial charge in [-0.1, -0.05) is 12.1 Å². The summed E-state index contributed by atoms with van der Waals surface area (Å²) in [6.07, 6.45) is 0. The number of aryl methyl sites for hydroxylation is 1. The number of nitrogens with zero attached hydrogens (tertiary/aromatic N) is 1. The van der Waals surface area contributed by atoms with E-state index in [2.05, 4.69) is 10.1 Å². The molecule has 1 N–H and O–H groups in total. The number of hydrogen-bond donors (Lipinski definition) is 1. The number of amides is 2. The van der Waals surface area contributed by atoms with Crippen LogP contribution in [0.1, 0.15) is 15.9 Å². The molecule has 25 heavy (non-hydrogen) atoms. The molecule has 0 radical (unpaired) electrons. The standard InChI is InChI=1S/C18H16N2O4S/c1-11-4-3-5-14(10-11)20-16(21)15(25-18(20)23)19-13-8-6-12(7-9-13)17(22)24-2/h3-10,15,19H,1-2H3/t15-/m1/s1. The lowest BCUT2D eigenvalue weighted by atomic mass is 10.2. The molecule has 0 bridgehead atoms. The molecule has 2 aromatic rings. The Kier molecular flexibility index (Phi) is 4.76. The van der Waals surface area contributed by atoms with Crippen molar-refractivity contribution in [2.75, 3.05) is 17.3 Å². The number of nitrogens with one attached hydrogen (secondary N) is 1. The van der Waals surface area contributed by atoms with Gasteiger partial charge in [0.15, 0.2) is 5.37 Å². The number of carbonyl (C=O) groups excluding carboxylic acids is 3. The van der Waals surface area contributed by atoms with Crippen molar-refractivity contribution in [1.29, 1.82) is 0 Å². The van der Waals surface area contributed by atoms with Gasteiger partial charge in [0.25, 0.3) is 11.1 Å². The van der Waals surface area contributed by atoms with Gasteiger partial charge in [-0.05, 0) is 60.6 Å². The number of rotatable bonds is 4. The molecule has 0 aromatic heterocycles. The third kappa shape index (κ3) is 3.51. The van der Waals surface area contributed by atoms with Crippen LogP contribution in [0.5, 0.6) is 0 Å². The number of esters is 1. The van der Waals surface area contributed by atoms with E-state index in [1.54, 1.807) is 36.4 Å². The third-order valence-corrected chi connectivity index (χ3v) is 4.65. The van der Waals surface area contributed by atoms with Gasteiger partial charge in [-0.15, -0.1) is 0 Å². The molecule has 1 saturated heterocycles. The SMILES string of the molecule is COC(=O)c1ccc(N[C@@H]2SC(=O)N(c3cccc(C)c3)C2=O)cc1. The molecule has 1 aliphatic rings. The minimum atomic E-state index is -0.711. The average molecular weight is 356 g/mol. The maximum Gasteiger partial charge on any atom is 0.337 e. The second kappa shape index (κ2) is 6.98. The molecular weight excluding hydrogens is 340 g/mol. The third-order valence-electron chi connectivity index (χ3n) is 3.71. The van der Waals surface area contributed by atoms with Crippen LogP contribution in [-0.2, 0) is 9.53 Å². The highest BCUT2D eigenvalue weighted by atomic mass is 32.2. The van der Waals surface area contributed by atoms with Gasteiger partial charge in [-0.3, -0.25) is 9.59 Å². The van der Waals surface area contributed by atoms with Crippen LogP contribution in [0.3, 0.4) is 0 Å². The molecule has 1 atom stereocenters. The van der Waals surface area contributed by atoms with Gasteiger partial charge in [-0.2, -0.15) is 0 Å². The van der Waals surface area contributed by atoms with E-state index in [9.17, 15) is 14.4 Å². The van der Waals surface area contributed by atoms with Gasteiger partial charge in [0.05, 0.1) is 18.4 Å². The zero-order chi connectivity index (χ0) is 18.0. The highest BCUT2D eigenvalue weighted by Gasteiger charge is 2.40. The second-order valence-corrected chi connectivity index (χ2v) is 6.55. The summed E-state index contributed by atoms with van der Waals surface area (Å²) >= 11 is 0.927. The number of hydrogen-bond acceptors (Lipinski definition) is 6. The molecule has 0 saturated carbocycles. The van der Waals surface area contributed by atoms with Gasteiger partial charge in [-0.25, -0.2) is 9.69 Å². The zero-order valence-electron chi connectivity index (χ0n) is 13.7. The lowest BCUT2D eigenvalue weighted by molar-refractivity contribution is -0.116. The van der Waals surface area contributed by atoms with Crippen molar-refractivity contribution >= 4 is 40.3 Å². The van der Waals surface area contributed by atoms with Crippen LogP contribution in [0.25, 0.3) is 0 Å². The molecule has 7 heteroatoms. The van der Waals surface area contributed by atoms with Crippen LogP contribution in [-0.4, -0.2) is 29.6 Å². The Balaban J connectivity index is 1.75. The smallest absolute Gasteiger partial charge is 0.337 e. The lowest BCUT2D eigenvalue weighted by Gasteiger charge is -2.15. The van der Waals surface area contributed by atoms with E-state index in [-0.39, 0.29) is 11.1 Å². The highest BCUT2D eigenvalue weighted by Crippen LogP contribution is 2.32. The molecule has 2 aromatic carbocycles. The first kappa shape index (κ1) is 17.0. The van der Waals surface area contributed by atoms with Gasteiger partial charge >= 0.3 is 5.97 Å². The van der Waals surface area contributed by atoms with Crippen molar-refractivity contribution in [3.8, 4) is 0 Å². The molecule has 1 heterocycles. The maximum absolute atomic E-state index is 12.6. The minimum absolute atomic E-state index is 0.320. The summed E-state index contributed by atoms with van der Waals surface area (Å²) in [6.45, 7) is 1.90. The molecule has 0 aliphatic carbocycles. The van der Waals surface area contributed by atoms with Gasteiger partial charge in [0.1, 0.15) is 0 Å². The molecule has 128 valence electrons. The molecule has 0 unspecified atom stereocenters. The van der Waals surface area contributed by atoms with Crippen LogP contribution in [0.4, 0.5) is 16.2 Å². The average Bonchev–Trinajstić information content (AvgIpc) is 2.88. The summed E-state index contributed by atoms with van der Waals surface area (Å²) in [4.78, 5) is 37.5. The fraction of sp³-hybridized carbons (Fsp3) is 0.167. The monoisotopic (exact) mass is 356 g/mol. The van der Waals surface area contributed by atoms with E-state index in [1.807, 2.05) is 19.1 Å². The van der Waals surface area contributed by atoms with E-state index in [1.165, 1.54) is 12.0 Å². The number of methoxy groups -OCH3 is 1. The Hall–Kier alpha value is -2.80. The minimum Gasteiger partial charge on any atom is -0.465 e. The summed E-state index contributed by atoms with van der Waals surface area (Å²) in [5, 5.41) is 1.99. The van der Waals surface area contributed by atoms with E-state index in [0.29, 0.717) is 16.9 Å². The van der Waals surface area contributed by atoms with E-state index in [0.717, 1.165) is 17.3 Å². The van der Waals surface area contributed by atoms with Crippen molar-refractivity contribution in [3.63, 3.8) is 0 Å². The Labute approximate surface area is 149 Å². The summed E-state index contributed by atoms with van der Waals surface area (Å²) < 4.78 is 4.64. The van der Waals surface area contributed by atoms with Crippen LogP contribution >= 0.6 is 11.8 Å². The highest BCUT2D eigenvalue weighted by molar-refractivity contribution is 8.16. The van der Waals surface area contributed by atoms with Gasteiger partial charge in [0, 0.05) is 5.69 Å². The Morgan fingerprint density at radius 2 is 1.88 bits per heavy atom. The topological polar surface area (TPSA) is 75.7 Å². The molecule has 6 nitrogen and oxygen atoms in total. The zero-order valence-corrected chi connectivity index (χ0v) is 14.5. The van der Waals surface area contributed by atoms with Crippen molar-refractivity contribution < 1.29 is 19.1 Å². The van der Waals surface area contributed by atoms with Crippen LogP contribution in [0.15, 0.2) is 48.5 Å². The fourth-order valence-electron chi connectivity index (χ4n) is 2.47. The summed E-state index contributed by atoms with van der Waals surface area (Å²) in [6, 6.07) is 13.8. The quantitative estimate of drug-likeness (QED) is 0.846. The number of thioether (sulfide) groups is 1. The first-order chi connectivity index (χ1) is 12.0. The van der Waals surface area contributed by atoms with Crippen molar-refractivity contribution in [3.05, 3.63) is 59.7 Å². The largest absolute Gasteiger partial charge is 0.465 e. The Morgan fingerprint density at radius 3 is 2.52 bits per heavy atom. The predicted molar refractivity (Wildman–Crippen MR) is 96.8 cm³/mol. The molecule has 1 aliphatic heterocycles. The van der Waals surface area contributed by atoms with Crippen LogP contribution < -0.4 is 10.2 Å². The Bertz CT molecular complexity index is 835. The summed E-state index contributed by atoms with van der Waals surface area (Å²) in [5.41, 5.74) is 2.58. The van der Waals surface area contributed by atoms with E-state index >= 15 is 0 Å². The van der Waals surface area contributed by atoms with Gasteiger partial charge < -0.3 is 10.1 Å². The summed E-state index contributed by atoms with van der Waals surface area (Å²) in [5.74, 6) is -0.753. The van der Waals surface area contributed by atoms with Crippen molar-refractivity contribution in [1.82, 2.24) is 0 Å². The van der Waals surface area contributed by atoms with Crippen LogP contribution in [0.2, 0.25) is 0 Å². The van der Waals surface area contributed by atoms with Crippen molar-refractivity contribution in [2.24, 2.45) is 0 Å². The van der Waals surface area contributed by atoms with E-state index in [4.69, 9.17) is 0 Å². The van der Waals surface area contributed by atoms with Gasteiger partial charge in [0.2, 0.25) is 0 Å². The normalized spacial score (nSPS) is 16.9. The first-order valence-corrected chi connectivity index (χ1v) is 8.44. The number of carbonyl (C=O) groups is 3. The molecule has 0 spiro atoms. The molecule has 1 fully saturated rings. The Morgan fingerprint density at radius 1 is 1.16 bits per heavy atom.